The van der Waals surface area contributed by atoms with Crippen LogP contribution in [0.25, 0.3) is 0 Å². The van der Waals surface area contributed by atoms with Gasteiger partial charge in [0.1, 0.15) is 81.8 Å². The summed E-state index contributed by atoms with van der Waals surface area (Å²) >= 11 is 0. The van der Waals surface area contributed by atoms with E-state index in [1.807, 2.05) is 0 Å². The molecule has 0 bridgehead atoms. The maximum absolute atomic E-state index is 13.5. The van der Waals surface area contributed by atoms with Crippen molar-refractivity contribution in [2.75, 3.05) is 46.5 Å². The van der Waals surface area contributed by atoms with E-state index in [4.69, 9.17) is 54.2 Å². The van der Waals surface area contributed by atoms with E-state index in [9.17, 15) is 87.5 Å². The van der Waals surface area contributed by atoms with Crippen molar-refractivity contribution in [2.24, 2.45) is 39.2 Å². The molecule has 4 heterocycles. The number of β-amino-alcohol motifs (C(OH)–C–C–N with tert-alkyl or cyclic N) is 4. The van der Waals surface area contributed by atoms with Gasteiger partial charge in [-0.05, 0) is 131 Å². The molecule has 0 aromatic carbocycles. The number of halogens is 2. The summed E-state index contributed by atoms with van der Waals surface area (Å²) in [5, 5.41) is 80.8. The van der Waals surface area contributed by atoms with Crippen molar-refractivity contribution < 1.29 is 136 Å². The number of ether oxygens (including phenoxy) is 7. The lowest BCUT2D eigenvalue weighted by atomic mass is 9.85. The van der Waals surface area contributed by atoms with Crippen LogP contribution < -0.4 is 37.6 Å². The fourth-order valence-electron chi connectivity index (χ4n) is 12.4. The lowest BCUT2D eigenvalue weighted by Gasteiger charge is -2.36. The Morgan fingerprint density at radius 1 is 0.455 bits per heavy atom. The van der Waals surface area contributed by atoms with E-state index in [-0.39, 0.29) is 88.1 Å². The summed E-state index contributed by atoms with van der Waals surface area (Å²) in [6, 6.07) is -7.38. The highest BCUT2D eigenvalue weighted by molar-refractivity contribution is 5.97. The van der Waals surface area contributed by atoms with E-state index >= 15 is 0 Å². The van der Waals surface area contributed by atoms with E-state index in [0.717, 1.165) is 4.90 Å². The predicted molar refractivity (Wildman–Crippen MR) is 448 cm³/mol. The molecule has 0 spiro atoms. The second kappa shape index (κ2) is 46.4. The smallest absolute Gasteiger partial charge is 0.408 e. The van der Waals surface area contributed by atoms with E-state index in [1.54, 1.807) is 192 Å². The number of methoxy groups -OCH3 is 1. The number of likely N-dealkylation sites (tertiary alicyclic amines) is 3. The summed E-state index contributed by atoms with van der Waals surface area (Å²) in [6.07, 6.45) is -1.28. The first kappa shape index (κ1) is 115. The van der Waals surface area contributed by atoms with E-state index in [0.29, 0.717) is 32.4 Å². The van der Waals surface area contributed by atoms with Gasteiger partial charge in [0, 0.05) is 63.7 Å². The minimum absolute atomic E-state index is 0. The summed E-state index contributed by atoms with van der Waals surface area (Å²) in [6.45, 7) is 53.4. The Bertz CT molecular complexity index is 3550. The van der Waals surface area contributed by atoms with Crippen LogP contribution in [0, 0.1) is 33.5 Å². The number of hydrogen-bond acceptors (Lipinski definition) is 27. The minimum atomic E-state index is -1.21. The number of nitrogens with two attached hydrogens (primary N) is 1. The molecule has 6 fully saturated rings. The quantitative estimate of drug-likeness (QED) is 0.0422. The molecule has 16 atom stereocenters. The van der Waals surface area contributed by atoms with Crippen molar-refractivity contribution in [2.45, 2.75) is 325 Å². The number of carbonyl (C=O) groups excluding carboxylic acids is 11. The maximum Gasteiger partial charge on any atom is 0.408 e. The normalized spacial score (nSPS) is 24.4. The Kier molecular flexibility index (Phi) is 43.9. The third-order valence-corrected chi connectivity index (χ3v) is 18.5. The molecule has 38 nitrogen and oxygen atoms in total. The van der Waals surface area contributed by atoms with Crippen molar-refractivity contribution in [1.29, 1.82) is 0 Å². The lowest BCUT2D eigenvalue weighted by molar-refractivity contribution is -0.152. The van der Waals surface area contributed by atoms with Crippen molar-refractivity contribution in [3.63, 3.8) is 0 Å². The number of carboxylic acid groups (broad SMARTS) is 3. The molecule has 15 N–H and O–H groups in total. The molecule has 8 amide bonds. The van der Waals surface area contributed by atoms with Crippen LogP contribution in [0.15, 0.2) is 25.3 Å². The summed E-state index contributed by atoms with van der Waals surface area (Å²) in [5.74, 6) is -6.81. The third kappa shape index (κ3) is 38.1. The summed E-state index contributed by atoms with van der Waals surface area (Å²) in [7, 11) is 1.23. The van der Waals surface area contributed by atoms with Crippen LogP contribution in [0.2, 0.25) is 0 Å². The highest BCUT2D eigenvalue weighted by Gasteiger charge is 2.62. The standard InChI is InChI=1S/C24H39N3O7.C17H30N2O6.C16H28N2O6.C11H21NO4.C8H13NO2.C5H9NO3.2ClH/c1-9-14-12-24(14,20(31)33-10-2)26-18(29)16-11-15(28)13-27(16)19(30)17(22(3,4)5)25-21(32)34-23(6,7)8;1-16(2,3)12(18-15(23)25-17(4,5)6)13(21)19-9-10(20)8-11(19)14(22)24-7;1-15(2,3)11(17-14(23)24-16(4,5)6)12(20)18-8-9(19)7-10(18)13(21)22;1-10(2,3)7(8(13)14)12-9(15)16-11(4,5)6;1-3-6-5-8(6,9)7(10)11-4-2;7-3-1-4(5(8)9)6-2-3;;/h9,14-17,28H,1,10-13H2,2-8H3,(H,25,32)(H,26,29);10-12,20H,8-9H2,1-7H3,(H,18,23);9-11,19H,7-8H2,1-6H3,(H,17,23)(H,21,22);7H,1-6H3,(H,12,15)(H,13,14);3,6H,1,4-5,9H2,2H3;3-4,6-7H,1-2H2,(H,8,9);2*1H/t14-,15+,16+,17+,24-;10-,11-,12-;9-,10-,11-;;6-,8-;3-,4-;;/m100.10../s1. The second-order valence-electron chi connectivity index (χ2n) is 38.4. The van der Waals surface area contributed by atoms with E-state index < -0.39 is 206 Å². The van der Waals surface area contributed by atoms with E-state index in [1.165, 1.54) is 16.9 Å². The number of aliphatic carboxylic acids is 3. The zero-order valence-corrected chi connectivity index (χ0v) is 77.2. The molecule has 6 aliphatic rings. The van der Waals surface area contributed by atoms with Crippen molar-refractivity contribution in [3.8, 4) is 0 Å². The number of carbonyl (C=O) groups is 14. The van der Waals surface area contributed by atoms with Crippen LogP contribution in [0.4, 0.5) is 19.2 Å². The number of nitrogens with zero attached hydrogens (tertiary/aromatic N) is 3. The monoisotopic (exact) mass is 1770 g/mol. The molecule has 1 unspecified atom stereocenters. The topological polar surface area (TPSA) is 553 Å². The highest BCUT2D eigenvalue weighted by atomic mass is 35.5. The third-order valence-electron chi connectivity index (χ3n) is 18.5. The number of amides is 8. The highest BCUT2D eigenvalue weighted by Crippen LogP contribution is 2.46. The van der Waals surface area contributed by atoms with Crippen molar-refractivity contribution >= 4 is 109 Å². The van der Waals surface area contributed by atoms with Crippen molar-refractivity contribution in [1.82, 2.24) is 46.6 Å². The second-order valence-corrected chi connectivity index (χ2v) is 38.4. The first-order chi connectivity index (χ1) is 53.8. The zero-order valence-electron chi connectivity index (χ0n) is 75.6. The number of aliphatic hydroxyl groups excluding tert-OH is 4. The Morgan fingerprint density at radius 2 is 0.769 bits per heavy atom. The van der Waals surface area contributed by atoms with Gasteiger partial charge in [-0.25, -0.2) is 38.4 Å². The molecule has 4 aliphatic heterocycles. The number of rotatable bonds is 19. The summed E-state index contributed by atoms with van der Waals surface area (Å²) in [4.78, 5) is 172. The van der Waals surface area contributed by atoms with Gasteiger partial charge in [0.2, 0.25) is 23.6 Å². The van der Waals surface area contributed by atoms with Gasteiger partial charge in [0.05, 0.1) is 44.7 Å². The average molecular weight is 1770 g/mol. The number of esters is 3. The van der Waals surface area contributed by atoms with Gasteiger partial charge < -0.3 is 121 Å². The van der Waals surface area contributed by atoms with Crippen LogP contribution in [0.5, 0.6) is 0 Å². The number of nitrogens with one attached hydrogen (secondary N) is 6. The van der Waals surface area contributed by atoms with Crippen LogP contribution in [-0.2, 0) is 81.1 Å². The zero-order chi connectivity index (χ0) is 93.0. The van der Waals surface area contributed by atoms with Crippen molar-refractivity contribution in [3.05, 3.63) is 25.3 Å². The fourth-order valence-corrected chi connectivity index (χ4v) is 12.4. The fraction of sp³-hybridized carbons (Fsp3) is 0.778. The molecule has 0 aromatic heterocycles. The Balaban J connectivity index is 0. The Labute approximate surface area is 723 Å². The molecule has 2 aliphatic carbocycles. The molecule has 2 saturated carbocycles. The van der Waals surface area contributed by atoms with Gasteiger partial charge >= 0.3 is 60.2 Å². The molecule has 698 valence electrons. The number of hydrogen-bond donors (Lipinski definition) is 14. The SMILES string of the molecule is C=C[C@@H]1C[C@]1(N)C(=O)OCC.C=C[C@@H]1C[C@]1(NC(=O)[C@@H]1C[C@H](O)CN1C(=O)[C@H](NC(=O)OC(C)(C)C)C(C)(C)C)C(=O)OCC.CC(C)(C)OC(=O)NC(C(=O)O)C(C)(C)C.CC(C)(C)OC(=O)N[C@@H](C(=O)N1C[C@@H](O)C[C@H]1C(=O)O)C(C)(C)C.COC(=O)[C@@H]1C[C@H](O)CN1C(=O)[C@H](NC(=O)OC(C)(C)C)C(C)(C)C.Cl.Cl.O=C(O)[C@@H]1C[C@H](O)CN1. The molecule has 121 heavy (non-hydrogen) atoms. The maximum atomic E-state index is 13.5. The number of carboxylic acids is 3. The van der Waals surface area contributed by atoms with Crippen LogP contribution >= 0.6 is 24.8 Å². The molecule has 6 rings (SSSR count). The molecule has 0 radical (unpaired) electrons. The minimum Gasteiger partial charge on any atom is -0.480 e. The first-order valence-electron chi connectivity index (χ1n) is 39.6. The van der Waals surface area contributed by atoms with Crippen LogP contribution in [0.1, 0.15) is 219 Å². The molecular weight excluding hydrogens is 1630 g/mol. The number of alkyl carbamates (subject to hydrolysis) is 4. The van der Waals surface area contributed by atoms with Crippen LogP contribution in [0.3, 0.4) is 0 Å². The molecule has 40 heteroatoms. The average Bonchev–Trinajstić information content (AvgIpc) is 1.60. The van der Waals surface area contributed by atoms with Gasteiger partial charge in [0.25, 0.3) is 0 Å². The van der Waals surface area contributed by atoms with Gasteiger partial charge in [0.15, 0.2) is 0 Å². The largest absolute Gasteiger partial charge is 0.480 e. The Morgan fingerprint density at radius 3 is 1.02 bits per heavy atom. The van der Waals surface area contributed by atoms with Gasteiger partial charge in [-0.3, -0.25) is 28.8 Å². The summed E-state index contributed by atoms with van der Waals surface area (Å²) < 4.78 is 35.4. The van der Waals surface area contributed by atoms with Crippen LogP contribution in [-0.4, -0.2) is 287 Å². The van der Waals surface area contributed by atoms with E-state index in [2.05, 4.69) is 45.1 Å². The number of aliphatic hydroxyl groups is 4. The predicted octanol–water partition coefficient (Wildman–Crippen LogP) is 5.65. The Hall–Kier alpha value is -8.40. The molecule has 0 aromatic rings. The van der Waals surface area contributed by atoms with Gasteiger partial charge in [-0.15, -0.1) is 38.0 Å². The van der Waals surface area contributed by atoms with Gasteiger partial charge in [-0.1, -0.05) is 95.2 Å². The molecule has 4 saturated heterocycles. The first-order valence-corrected chi connectivity index (χ1v) is 39.6. The van der Waals surface area contributed by atoms with Gasteiger partial charge in [-0.2, -0.15) is 0 Å². The molecular formula is C81H142Cl2N10O28. The lowest BCUT2D eigenvalue weighted by Crippen LogP contribution is -2.59. The summed E-state index contributed by atoms with van der Waals surface area (Å²) in [5.41, 5.74) is -1.65.